The molecule has 0 aliphatic heterocycles. The maximum atomic E-state index is 12.7. The lowest BCUT2D eigenvalue weighted by atomic mass is 10.1. The Morgan fingerprint density at radius 1 is 1.30 bits per heavy atom. The van der Waals surface area contributed by atoms with E-state index in [0.717, 1.165) is 12.1 Å². The molecule has 7 heteroatoms. The van der Waals surface area contributed by atoms with Crippen LogP contribution >= 0.6 is 0 Å². The minimum absolute atomic E-state index is 0.104. The Labute approximate surface area is 112 Å². The minimum atomic E-state index is -4.54. The Morgan fingerprint density at radius 3 is 2.55 bits per heavy atom. The third-order valence-electron chi connectivity index (χ3n) is 2.75. The number of hydrogen-bond acceptors (Lipinski definition) is 3. The van der Waals surface area contributed by atoms with E-state index in [1.165, 1.54) is 6.07 Å². The highest BCUT2D eigenvalue weighted by molar-refractivity contribution is 6.00. The van der Waals surface area contributed by atoms with Gasteiger partial charge in [-0.2, -0.15) is 13.2 Å². The van der Waals surface area contributed by atoms with E-state index < -0.39 is 23.4 Å². The molecule has 0 fully saturated rings. The van der Waals surface area contributed by atoms with Crippen LogP contribution in [0.5, 0.6) is 0 Å². The van der Waals surface area contributed by atoms with E-state index in [-0.39, 0.29) is 10.9 Å². The molecule has 0 unspecified atom stereocenters. The summed E-state index contributed by atoms with van der Waals surface area (Å²) in [5.41, 5.74) is -1.11. The van der Waals surface area contributed by atoms with Crippen LogP contribution in [0.2, 0.25) is 0 Å². The molecule has 0 saturated carbocycles. The van der Waals surface area contributed by atoms with Crippen molar-refractivity contribution in [2.75, 3.05) is 0 Å². The molecule has 0 aliphatic carbocycles. The molecule has 1 N–H and O–H groups in total. The maximum Gasteiger partial charge on any atom is 0.416 e. The molecule has 2 aromatic rings. The second-order valence-electron chi connectivity index (χ2n) is 4.27. The second-order valence-corrected chi connectivity index (χ2v) is 4.27. The summed E-state index contributed by atoms with van der Waals surface area (Å²) in [7, 11) is 0. The van der Waals surface area contributed by atoms with E-state index in [4.69, 9.17) is 5.11 Å². The molecule has 4 nitrogen and oxygen atoms in total. The summed E-state index contributed by atoms with van der Waals surface area (Å²) in [5.74, 6) is -1.05. The van der Waals surface area contributed by atoms with Crippen LogP contribution in [-0.4, -0.2) is 21.0 Å². The summed E-state index contributed by atoms with van der Waals surface area (Å²) in [6, 6.07) is 2.83. The zero-order chi connectivity index (χ0) is 14.9. The van der Waals surface area contributed by atoms with E-state index >= 15 is 0 Å². The zero-order valence-electron chi connectivity index (χ0n) is 10.5. The first-order valence-corrected chi connectivity index (χ1v) is 5.94. The fourth-order valence-corrected chi connectivity index (χ4v) is 1.85. The number of halogens is 3. The molecular formula is C13H11F3N2O2. The van der Waals surface area contributed by atoms with Crippen molar-refractivity contribution in [3.8, 4) is 0 Å². The molecule has 1 aromatic heterocycles. The van der Waals surface area contributed by atoms with E-state index in [2.05, 4.69) is 9.97 Å². The lowest BCUT2D eigenvalue weighted by Crippen LogP contribution is -2.09. The van der Waals surface area contributed by atoms with Gasteiger partial charge in [0.2, 0.25) is 0 Å². The molecule has 1 aromatic carbocycles. The first kappa shape index (κ1) is 14.2. The number of carbonyl (C=O) groups is 1. The number of nitrogens with zero attached hydrogens (tertiary/aromatic N) is 2. The van der Waals surface area contributed by atoms with Gasteiger partial charge in [0.05, 0.1) is 11.1 Å². The molecule has 0 bridgehead atoms. The Kier molecular flexibility index (Phi) is 3.61. The van der Waals surface area contributed by atoms with Crippen LogP contribution in [0.4, 0.5) is 13.2 Å². The number of benzene rings is 1. The number of aromatic carboxylic acids is 1. The van der Waals surface area contributed by atoms with Crippen LogP contribution in [0.1, 0.15) is 35.2 Å². The van der Waals surface area contributed by atoms with Crippen molar-refractivity contribution >= 4 is 16.9 Å². The first-order valence-electron chi connectivity index (χ1n) is 5.94. The molecular weight excluding hydrogens is 273 g/mol. The van der Waals surface area contributed by atoms with E-state index in [0.29, 0.717) is 18.7 Å². The van der Waals surface area contributed by atoms with Crippen molar-refractivity contribution in [1.82, 2.24) is 9.97 Å². The number of alkyl halides is 3. The summed E-state index contributed by atoms with van der Waals surface area (Å²) in [4.78, 5) is 19.1. The van der Waals surface area contributed by atoms with Gasteiger partial charge in [0, 0.05) is 11.8 Å². The Balaban J connectivity index is 2.70. The third kappa shape index (κ3) is 2.71. The minimum Gasteiger partial charge on any atom is -0.476 e. The fourth-order valence-electron chi connectivity index (χ4n) is 1.85. The largest absolute Gasteiger partial charge is 0.476 e. The van der Waals surface area contributed by atoms with Crippen LogP contribution in [0.15, 0.2) is 18.2 Å². The van der Waals surface area contributed by atoms with Crippen LogP contribution in [0.25, 0.3) is 10.9 Å². The zero-order valence-corrected chi connectivity index (χ0v) is 10.5. The van der Waals surface area contributed by atoms with Gasteiger partial charge < -0.3 is 5.11 Å². The van der Waals surface area contributed by atoms with Crippen molar-refractivity contribution < 1.29 is 23.1 Å². The smallest absolute Gasteiger partial charge is 0.416 e. The lowest BCUT2D eigenvalue weighted by Gasteiger charge is -2.09. The van der Waals surface area contributed by atoms with Gasteiger partial charge in [-0.3, -0.25) is 0 Å². The standard InChI is InChI=1S/C13H11F3N2O2/c1-2-3-10-17-9-5-4-7(13(14,15)16)6-8(9)11(18-10)12(19)20/h4-6H,2-3H2,1H3,(H,19,20). The normalized spacial score (nSPS) is 11.8. The number of rotatable bonds is 3. The van der Waals surface area contributed by atoms with E-state index in [9.17, 15) is 18.0 Å². The molecule has 0 aliphatic rings. The van der Waals surface area contributed by atoms with Crippen LogP contribution in [0.3, 0.4) is 0 Å². The van der Waals surface area contributed by atoms with Gasteiger partial charge in [-0.25, -0.2) is 14.8 Å². The van der Waals surface area contributed by atoms with Crippen molar-refractivity contribution in [2.24, 2.45) is 0 Å². The summed E-state index contributed by atoms with van der Waals surface area (Å²) in [6.45, 7) is 1.88. The highest BCUT2D eigenvalue weighted by atomic mass is 19.4. The van der Waals surface area contributed by atoms with Crippen molar-refractivity contribution in [3.05, 3.63) is 35.3 Å². The second kappa shape index (κ2) is 5.07. The average Bonchev–Trinajstić information content (AvgIpc) is 2.36. The van der Waals surface area contributed by atoms with Crippen LogP contribution < -0.4 is 0 Å². The number of hydrogen-bond donors (Lipinski definition) is 1. The Bertz CT molecular complexity index is 668. The number of carboxylic acids is 1. The number of fused-ring (bicyclic) bond motifs is 1. The quantitative estimate of drug-likeness (QED) is 0.939. The Morgan fingerprint density at radius 2 is 2.00 bits per heavy atom. The molecule has 0 saturated heterocycles. The summed E-state index contributed by atoms with van der Waals surface area (Å²) in [6.07, 6.45) is -3.35. The van der Waals surface area contributed by atoms with Crippen LogP contribution in [-0.2, 0) is 12.6 Å². The highest BCUT2D eigenvalue weighted by Crippen LogP contribution is 2.31. The highest BCUT2D eigenvalue weighted by Gasteiger charge is 2.31. The van der Waals surface area contributed by atoms with Crippen molar-refractivity contribution in [1.29, 1.82) is 0 Å². The molecule has 0 spiro atoms. The number of aryl methyl sites for hydroxylation is 1. The van der Waals surface area contributed by atoms with E-state index in [1.54, 1.807) is 0 Å². The van der Waals surface area contributed by atoms with Gasteiger partial charge in [0.15, 0.2) is 5.69 Å². The Hall–Kier alpha value is -2.18. The van der Waals surface area contributed by atoms with Crippen molar-refractivity contribution in [2.45, 2.75) is 25.9 Å². The topological polar surface area (TPSA) is 63.1 Å². The van der Waals surface area contributed by atoms with Gasteiger partial charge in [0.25, 0.3) is 0 Å². The molecule has 1 heterocycles. The molecule has 0 atom stereocenters. The maximum absolute atomic E-state index is 12.7. The van der Waals surface area contributed by atoms with Crippen LogP contribution in [0, 0.1) is 0 Å². The first-order chi connectivity index (χ1) is 9.32. The van der Waals surface area contributed by atoms with Gasteiger partial charge in [0.1, 0.15) is 5.82 Å². The van der Waals surface area contributed by atoms with Gasteiger partial charge in [-0.15, -0.1) is 0 Å². The molecule has 20 heavy (non-hydrogen) atoms. The monoisotopic (exact) mass is 284 g/mol. The predicted octanol–water partition coefficient (Wildman–Crippen LogP) is 3.30. The van der Waals surface area contributed by atoms with Gasteiger partial charge >= 0.3 is 12.1 Å². The predicted molar refractivity (Wildman–Crippen MR) is 65.5 cm³/mol. The summed E-state index contributed by atoms with van der Waals surface area (Å²) in [5, 5.41) is 8.99. The fraction of sp³-hybridized carbons (Fsp3) is 0.308. The molecule has 0 radical (unpaired) electrons. The number of aromatic nitrogens is 2. The van der Waals surface area contributed by atoms with Crippen molar-refractivity contribution in [3.63, 3.8) is 0 Å². The lowest BCUT2D eigenvalue weighted by molar-refractivity contribution is -0.137. The average molecular weight is 284 g/mol. The van der Waals surface area contributed by atoms with Gasteiger partial charge in [-0.05, 0) is 24.6 Å². The van der Waals surface area contributed by atoms with E-state index in [1.807, 2.05) is 6.92 Å². The third-order valence-corrected chi connectivity index (χ3v) is 2.75. The molecule has 0 amide bonds. The molecule has 2 rings (SSSR count). The SMILES string of the molecule is CCCc1nc(C(=O)O)c2cc(C(F)(F)F)ccc2n1. The summed E-state index contributed by atoms with van der Waals surface area (Å²) < 4.78 is 38.0. The van der Waals surface area contributed by atoms with Gasteiger partial charge in [-0.1, -0.05) is 6.92 Å². The number of carboxylic acid groups (broad SMARTS) is 1. The summed E-state index contributed by atoms with van der Waals surface area (Å²) >= 11 is 0. The molecule has 106 valence electrons.